The van der Waals surface area contributed by atoms with Gasteiger partial charge in [-0.15, -0.1) is 11.3 Å². The van der Waals surface area contributed by atoms with Crippen LogP contribution in [0.15, 0.2) is 53.9 Å². The summed E-state index contributed by atoms with van der Waals surface area (Å²) in [6, 6.07) is 14.2. The van der Waals surface area contributed by atoms with Crippen molar-refractivity contribution in [3.63, 3.8) is 0 Å². The Balaban J connectivity index is 1.34. The predicted molar refractivity (Wildman–Crippen MR) is 128 cm³/mol. The molecule has 0 spiro atoms. The minimum Gasteiger partial charge on any atom is -0.480 e. The van der Waals surface area contributed by atoms with E-state index >= 15 is 0 Å². The second-order valence-corrected chi connectivity index (χ2v) is 8.95. The van der Waals surface area contributed by atoms with Gasteiger partial charge in [0.25, 0.3) is 0 Å². The van der Waals surface area contributed by atoms with Crippen molar-refractivity contribution in [1.82, 2.24) is 9.88 Å². The van der Waals surface area contributed by atoms with Crippen LogP contribution < -0.4 is 10.6 Å². The fourth-order valence-electron chi connectivity index (χ4n) is 3.71. The van der Waals surface area contributed by atoms with Gasteiger partial charge < -0.3 is 15.7 Å². The van der Waals surface area contributed by atoms with Crippen molar-refractivity contribution in [3.05, 3.63) is 63.9 Å². The number of aliphatic carboxylic acids is 1. The Morgan fingerprint density at radius 3 is 2.50 bits per heavy atom. The number of nitrogens with one attached hydrogen (secondary N) is 2. The molecule has 2 aromatic carbocycles. The smallest absolute Gasteiger partial charge is 0.323 e. The number of hydrogen-bond donors (Lipinski definition) is 3. The molecule has 2 amide bonds. The first kappa shape index (κ1) is 22.3. The molecule has 7 nitrogen and oxygen atoms in total. The zero-order valence-electron chi connectivity index (χ0n) is 17.3. The molecule has 166 valence electrons. The van der Waals surface area contributed by atoms with Crippen LogP contribution in [0.5, 0.6) is 0 Å². The van der Waals surface area contributed by atoms with Gasteiger partial charge in [0.15, 0.2) is 0 Å². The van der Waals surface area contributed by atoms with Crippen molar-refractivity contribution in [2.45, 2.75) is 18.8 Å². The van der Waals surface area contributed by atoms with Gasteiger partial charge in [0.2, 0.25) is 0 Å². The van der Waals surface area contributed by atoms with Crippen LogP contribution in [0.25, 0.3) is 11.3 Å². The standard InChI is InChI=1S/C23H23ClN4O3S/c24-18-3-1-2-4-19(18)27-23(31)25-17-7-5-15(6-8-17)20-14-32-22(26-20)16-9-11-28(12-10-16)13-21(29)30/h1-8,14,16H,9-13H2,(H,29,30)(H2,25,27,31). The topological polar surface area (TPSA) is 94.6 Å². The minimum atomic E-state index is -0.778. The van der Waals surface area contributed by atoms with Crippen LogP contribution in [-0.4, -0.2) is 46.6 Å². The number of hydrogen-bond acceptors (Lipinski definition) is 5. The lowest BCUT2D eigenvalue weighted by Gasteiger charge is -2.29. The SMILES string of the molecule is O=C(O)CN1CCC(c2nc(-c3ccc(NC(=O)Nc4ccccc4Cl)cc3)cs2)CC1. The molecule has 9 heteroatoms. The number of piperidine rings is 1. The lowest BCUT2D eigenvalue weighted by molar-refractivity contribution is -0.138. The molecule has 1 saturated heterocycles. The van der Waals surface area contributed by atoms with E-state index in [9.17, 15) is 9.59 Å². The number of carboxylic acid groups (broad SMARTS) is 1. The van der Waals surface area contributed by atoms with Gasteiger partial charge in [0.05, 0.1) is 28.0 Å². The molecule has 0 saturated carbocycles. The number of anilines is 2. The minimum absolute atomic E-state index is 0.104. The Morgan fingerprint density at radius 1 is 1.09 bits per heavy atom. The third-order valence-electron chi connectivity index (χ3n) is 5.38. The number of amides is 2. The van der Waals surface area contributed by atoms with E-state index in [0.29, 0.717) is 22.3 Å². The number of thiazole rings is 1. The Labute approximate surface area is 195 Å². The highest BCUT2D eigenvalue weighted by molar-refractivity contribution is 7.10. The lowest BCUT2D eigenvalue weighted by atomic mass is 9.97. The third-order valence-corrected chi connectivity index (χ3v) is 6.72. The molecule has 3 N–H and O–H groups in total. The molecule has 3 aromatic rings. The summed E-state index contributed by atoms with van der Waals surface area (Å²) in [5.74, 6) is -0.410. The highest BCUT2D eigenvalue weighted by Gasteiger charge is 2.24. The van der Waals surface area contributed by atoms with Gasteiger partial charge in [0, 0.05) is 22.5 Å². The summed E-state index contributed by atoms with van der Waals surface area (Å²) in [6.07, 6.45) is 1.84. The van der Waals surface area contributed by atoms with E-state index in [0.717, 1.165) is 42.2 Å². The van der Waals surface area contributed by atoms with Crippen LogP contribution in [0.3, 0.4) is 0 Å². The van der Waals surface area contributed by atoms with Gasteiger partial charge in [-0.3, -0.25) is 9.69 Å². The monoisotopic (exact) mass is 470 g/mol. The average molecular weight is 471 g/mol. The van der Waals surface area contributed by atoms with E-state index in [4.69, 9.17) is 21.7 Å². The van der Waals surface area contributed by atoms with Gasteiger partial charge in [-0.2, -0.15) is 0 Å². The fourth-order valence-corrected chi connectivity index (χ4v) is 4.89. The molecule has 1 aromatic heterocycles. The normalized spacial score (nSPS) is 14.8. The molecule has 1 aliphatic rings. The van der Waals surface area contributed by atoms with Crippen LogP contribution in [-0.2, 0) is 4.79 Å². The summed E-state index contributed by atoms with van der Waals surface area (Å²) >= 11 is 7.72. The van der Waals surface area contributed by atoms with Crippen LogP contribution in [0, 0.1) is 0 Å². The molecule has 2 heterocycles. The summed E-state index contributed by atoms with van der Waals surface area (Å²) < 4.78 is 0. The Kier molecular flexibility index (Phi) is 7.04. The number of likely N-dealkylation sites (tertiary alicyclic amines) is 1. The first-order chi connectivity index (χ1) is 15.5. The highest BCUT2D eigenvalue weighted by Crippen LogP contribution is 2.33. The molecule has 4 rings (SSSR count). The zero-order chi connectivity index (χ0) is 22.5. The number of para-hydroxylation sites is 1. The van der Waals surface area contributed by atoms with Crippen molar-refractivity contribution in [1.29, 1.82) is 0 Å². The van der Waals surface area contributed by atoms with Crippen LogP contribution in [0.4, 0.5) is 16.2 Å². The fraction of sp³-hybridized carbons (Fsp3) is 0.261. The van der Waals surface area contributed by atoms with Crippen molar-refractivity contribution in [2.24, 2.45) is 0 Å². The number of urea groups is 1. The van der Waals surface area contributed by atoms with Crippen LogP contribution in [0.2, 0.25) is 5.02 Å². The Morgan fingerprint density at radius 2 is 1.81 bits per heavy atom. The summed E-state index contributed by atoms with van der Waals surface area (Å²) in [6.45, 7) is 1.66. The number of nitrogens with zero attached hydrogens (tertiary/aromatic N) is 2. The number of carbonyl (C=O) groups excluding carboxylic acids is 1. The molecule has 1 aliphatic heterocycles. The average Bonchev–Trinajstić information content (AvgIpc) is 3.26. The molecule has 0 unspecified atom stereocenters. The van der Waals surface area contributed by atoms with Gasteiger partial charge in [-0.25, -0.2) is 9.78 Å². The van der Waals surface area contributed by atoms with E-state index in [1.807, 2.05) is 34.5 Å². The number of carboxylic acids is 1. The maximum absolute atomic E-state index is 12.2. The van der Waals surface area contributed by atoms with Crippen molar-refractivity contribution >= 4 is 46.3 Å². The van der Waals surface area contributed by atoms with Crippen molar-refractivity contribution in [3.8, 4) is 11.3 Å². The largest absolute Gasteiger partial charge is 0.480 e. The Bertz CT molecular complexity index is 1090. The summed E-state index contributed by atoms with van der Waals surface area (Å²) in [4.78, 5) is 29.9. The molecule has 32 heavy (non-hydrogen) atoms. The first-order valence-corrected chi connectivity index (χ1v) is 11.6. The second-order valence-electron chi connectivity index (χ2n) is 7.65. The van der Waals surface area contributed by atoms with Crippen LogP contribution >= 0.6 is 22.9 Å². The number of rotatable bonds is 6. The molecule has 0 aliphatic carbocycles. The number of carbonyl (C=O) groups is 2. The molecule has 1 fully saturated rings. The molecular weight excluding hydrogens is 448 g/mol. The van der Waals surface area contributed by atoms with Crippen molar-refractivity contribution < 1.29 is 14.7 Å². The summed E-state index contributed by atoms with van der Waals surface area (Å²) in [5.41, 5.74) is 3.10. The second kappa shape index (κ2) is 10.1. The third kappa shape index (κ3) is 5.64. The Hall–Kier alpha value is -2.94. The van der Waals surface area contributed by atoms with Crippen molar-refractivity contribution in [2.75, 3.05) is 30.3 Å². The van der Waals surface area contributed by atoms with E-state index in [1.54, 1.807) is 35.6 Å². The summed E-state index contributed by atoms with van der Waals surface area (Å²) in [7, 11) is 0. The van der Waals surface area contributed by atoms with E-state index < -0.39 is 5.97 Å². The zero-order valence-corrected chi connectivity index (χ0v) is 18.8. The maximum atomic E-state index is 12.2. The van der Waals surface area contributed by atoms with Gasteiger partial charge in [0.1, 0.15) is 0 Å². The molecule has 0 radical (unpaired) electrons. The number of benzene rings is 2. The summed E-state index contributed by atoms with van der Waals surface area (Å²) in [5, 5.41) is 18.1. The lowest BCUT2D eigenvalue weighted by Crippen LogP contribution is -2.36. The quantitative estimate of drug-likeness (QED) is 0.450. The van der Waals surface area contributed by atoms with E-state index in [1.165, 1.54) is 0 Å². The number of aromatic nitrogens is 1. The molecule has 0 bridgehead atoms. The van der Waals surface area contributed by atoms with E-state index in [-0.39, 0.29) is 12.6 Å². The molecule has 0 atom stereocenters. The number of halogens is 1. The van der Waals surface area contributed by atoms with E-state index in [2.05, 4.69) is 10.6 Å². The predicted octanol–water partition coefficient (Wildman–Crippen LogP) is 5.37. The van der Waals surface area contributed by atoms with Gasteiger partial charge in [-0.1, -0.05) is 35.9 Å². The maximum Gasteiger partial charge on any atom is 0.323 e. The molecular formula is C23H23ClN4O3S. The highest BCUT2D eigenvalue weighted by atomic mass is 35.5. The van der Waals surface area contributed by atoms with Crippen LogP contribution in [0.1, 0.15) is 23.8 Å². The first-order valence-electron chi connectivity index (χ1n) is 10.3. The van der Waals surface area contributed by atoms with Gasteiger partial charge >= 0.3 is 12.0 Å². The van der Waals surface area contributed by atoms with Gasteiger partial charge in [-0.05, 0) is 50.2 Å².